The predicted molar refractivity (Wildman–Crippen MR) is 89.4 cm³/mol. The molecule has 3 aromatic rings. The number of hydrogen-bond acceptors (Lipinski definition) is 7. The summed E-state index contributed by atoms with van der Waals surface area (Å²) >= 11 is 0. The Bertz CT molecular complexity index is 1120. The number of carbonyl (C=O) groups excluding carboxylic acids is 1. The van der Waals surface area contributed by atoms with Gasteiger partial charge in [-0.05, 0) is 18.2 Å². The number of phenolic OH excluding ortho intramolecular Hbond substituents is 1. The Morgan fingerprint density at radius 3 is 2.58 bits per heavy atom. The fraction of sp³-hybridized carbons (Fsp3) is 0. The van der Waals surface area contributed by atoms with Crippen LogP contribution in [0.15, 0.2) is 65.8 Å². The van der Waals surface area contributed by atoms with Gasteiger partial charge in [0, 0.05) is 12.1 Å². The Hall–Kier alpha value is -3.53. The summed E-state index contributed by atoms with van der Waals surface area (Å²) < 4.78 is 25.7. The molecule has 1 N–H and O–H groups in total. The number of phenols is 1. The van der Waals surface area contributed by atoms with Crippen LogP contribution in [0.5, 0.6) is 5.75 Å². The highest BCUT2D eigenvalue weighted by molar-refractivity contribution is 7.89. The minimum absolute atomic E-state index is 0.000188. The zero-order chi connectivity index (χ0) is 18.9. The molecule has 1 heterocycles. The van der Waals surface area contributed by atoms with Crippen molar-refractivity contribution in [3.05, 3.63) is 82.2 Å². The molecule has 0 aliphatic carbocycles. The van der Waals surface area contributed by atoms with Gasteiger partial charge in [-0.3, -0.25) is 14.9 Å². The lowest BCUT2D eigenvalue weighted by molar-refractivity contribution is -0.385. The molecule has 0 atom stereocenters. The van der Waals surface area contributed by atoms with Gasteiger partial charge in [-0.15, -0.1) is 0 Å². The molecule has 2 aromatic carbocycles. The summed E-state index contributed by atoms with van der Waals surface area (Å²) in [4.78, 5) is 22.2. The van der Waals surface area contributed by atoms with Crippen molar-refractivity contribution in [2.75, 3.05) is 0 Å². The highest BCUT2D eigenvalue weighted by Crippen LogP contribution is 2.22. The molecule has 0 aliphatic heterocycles. The SMILES string of the molecule is O=C(c1cnn(S(=O)(=O)c2cccc([N+](=O)[O-])c2)c1)c1ccccc1O. The van der Waals surface area contributed by atoms with Gasteiger partial charge < -0.3 is 5.11 Å². The Morgan fingerprint density at radius 2 is 1.88 bits per heavy atom. The monoisotopic (exact) mass is 373 g/mol. The number of non-ortho nitro benzene ring substituents is 1. The number of hydrogen-bond donors (Lipinski definition) is 1. The minimum atomic E-state index is -4.21. The summed E-state index contributed by atoms with van der Waals surface area (Å²) in [6.45, 7) is 0. The van der Waals surface area contributed by atoms with Gasteiger partial charge in [0.2, 0.25) is 0 Å². The summed E-state index contributed by atoms with van der Waals surface area (Å²) in [6, 6.07) is 10.3. The van der Waals surface area contributed by atoms with Gasteiger partial charge in [-0.25, -0.2) is 0 Å². The maximum Gasteiger partial charge on any atom is 0.283 e. The van der Waals surface area contributed by atoms with E-state index in [2.05, 4.69) is 5.10 Å². The van der Waals surface area contributed by atoms with Crippen molar-refractivity contribution in [2.24, 2.45) is 0 Å². The van der Waals surface area contributed by atoms with Gasteiger partial charge in [-0.1, -0.05) is 18.2 Å². The average Bonchev–Trinajstić information content (AvgIpc) is 3.12. The van der Waals surface area contributed by atoms with Crippen molar-refractivity contribution in [1.82, 2.24) is 9.19 Å². The van der Waals surface area contributed by atoms with Crippen molar-refractivity contribution < 1.29 is 23.2 Å². The van der Waals surface area contributed by atoms with E-state index in [-0.39, 0.29) is 27.5 Å². The second-order valence-corrected chi connectivity index (χ2v) is 7.00. The van der Waals surface area contributed by atoms with Crippen LogP contribution in [0.1, 0.15) is 15.9 Å². The first-order chi connectivity index (χ1) is 12.3. The maximum absolute atomic E-state index is 12.6. The van der Waals surface area contributed by atoms with E-state index in [1.165, 1.54) is 24.3 Å². The molecule has 10 heteroatoms. The second-order valence-electron chi connectivity index (χ2n) is 5.21. The van der Waals surface area contributed by atoms with Crippen LogP contribution in [-0.4, -0.2) is 33.4 Å². The third kappa shape index (κ3) is 3.05. The lowest BCUT2D eigenvalue weighted by Crippen LogP contribution is -2.13. The molecule has 0 radical (unpaired) electrons. The van der Waals surface area contributed by atoms with Crippen molar-refractivity contribution in [1.29, 1.82) is 0 Å². The number of nitrogens with zero attached hydrogens (tertiary/aromatic N) is 3. The van der Waals surface area contributed by atoms with Crippen LogP contribution >= 0.6 is 0 Å². The van der Waals surface area contributed by atoms with Gasteiger partial charge in [-0.2, -0.15) is 17.6 Å². The topological polar surface area (TPSA) is 132 Å². The van der Waals surface area contributed by atoms with E-state index in [4.69, 9.17) is 0 Å². The van der Waals surface area contributed by atoms with Crippen molar-refractivity contribution in [2.45, 2.75) is 4.90 Å². The average molecular weight is 373 g/mol. The summed E-state index contributed by atoms with van der Waals surface area (Å²) in [6.07, 6.45) is 2.03. The predicted octanol–water partition coefficient (Wildman–Crippen LogP) is 1.96. The molecule has 132 valence electrons. The molecule has 0 amide bonds. The molecule has 9 nitrogen and oxygen atoms in total. The molecule has 0 spiro atoms. The van der Waals surface area contributed by atoms with Gasteiger partial charge >= 0.3 is 0 Å². The highest BCUT2D eigenvalue weighted by atomic mass is 32.2. The third-order valence-corrected chi connectivity index (χ3v) is 5.09. The molecule has 0 aliphatic rings. The number of rotatable bonds is 5. The molecule has 26 heavy (non-hydrogen) atoms. The summed E-state index contributed by atoms with van der Waals surface area (Å²) in [5.74, 6) is -0.851. The van der Waals surface area contributed by atoms with Crippen LogP contribution < -0.4 is 0 Å². The summed E-state index contributed by atoms with van der Waals surface area (Å²) in [5.41, 5.74) is -0.441. The first-order valence-corrected chi connectivity index (χ1v) is 8.62. The van der Waals surface area contributed by atoms with Gasteiger partial charge in [0.25, 0.3) is 15.7 Å². The van der Waals surface area contributed by atoms with Crippen LogP contribution in [0, 0.1) is 10.1 Å². The fourth-order valence-electron chi connectivity index (χ4n) is 2.24. The van der Waals surface area contributed by atoms with E-state index in [1.807, 2.05) is 0 Å². The molecular weight excluding hydrogens is 362 g/mol. The number of nitro benzene ring substituents is 1. The number of aromatic hydroxyl groups is 1. The van der Waals surface area contributed by atoms with Crippen LogP contribution in [0.25, 0.3) is 0 Å². The first kappa shape index (κ1) is 17.3. The normalized spacial score (nSPS) is 11.2. The smallest absolute Gasteiger partial charge is 0.283 e. The van der Waals surface area contributed by atoms with E-state index in [0.29, 0.717) is 4.09 Å². The molecule has 3 rings (SSSR count). The van der Waals surface area contributed by atoms with Gasteiger partial charge in [0.1, 0.15) is 5.75 Å². The van der Waals surface area contributed by atoms with Crippen LogP contribution in [0.2, 0.25) is 0 Å². The molecule has 0 saturated heterocycles. The quantitative estimate of drug-likeness (QED) is 0.411. The van der Waals surface area contributed by atoms with Gasteiger partial charge in [0.15, 0.2) is 5.78 Å². The maximum atomic E-state index is 12.6. The minimum Gasteiger partial charge on any atom is -0.507 e. The Labute approximate surface area is 147 Å². The van der Waals surface area contributed by atoms with E-state index >= 15 is 0 Å². The van der Waals surface area contributed by atoms with E-state index < -0.39 is 20.7 Å². The Balaban J connectivity index is 1.99. The Morgan fingerprint density at radius 1 is 1.15 bits per heavy atom. The molecule has 0 fully saturated rings. The van der Waals surface area contributed by atoms with Crippen LogP contribution in [0.3, 0.4) is 0 Å². The second kappa shape index (κ2) is 6.41. The highest BCUT2D eigenvalue weighted by Gasteiger charge is 2.23. The molecule has 1 aromatic heterocycles. The standard InChI is InChI=1S/C16H11N3O6S/c20-15-7-2-1-6-14(15)16(21)11-9-17-18(10-11)26(24,25)13-5-3-4-12(8-13)19(22)23/h1-10,20H. The molecular formula is C16H11N3O6S. The largest absolute Gasteiger partial charge is 0.507 e. The number of nitro groups is 1. The number of para-hydroxylation sites is 1. The van der Waals surface area contributed by atoms with Gasteiger partial charge in [0.05, 0.1) is 33.3 Å². The number of ketones is 1. The van der Waals surface area contributed by atoms with E-state index in [0.717, 1.165) is 24.5 Å². The number of aromatic nitrogens is 2. The summed E-state index contributed by atoms with van der Waals surface area (Å²) in [5, 5.41) is 24.2. The summed E-state index contributed by atoms with van der Waals surface area (Å²) in [7, 11) is -4.21. The molecule has 0 bridgehead atoms. The third-order valence-electron chi connectivity index (χ3n) is 3.54. The van der Waals surface area contributed by atoms with Crippen molar-refractivity contribution >= 4 is 21.5 Å². The fourth-order valence-corrected chi connectivity index (χ4v) is 3.40. The number of carbonyl (C=O) groups is 1. The van der Waals surface area contributed by atoms with Crippen LogP contribution in [-0.2, 0) is 10.0 Å². The van der Waals surface area contributed by atoms with E-state index in [1.54, 1.807) is 12.1 Å². The molecule has 0 unspecified atom stereocenters. The first-order valence-electron chi connectivity index (χ1n) is 7.18. The lowest BCUT2D eigenvalue weighted by Gasteiger charge is -2.04. The zero-order valence-corrected chi connectivity index (χ0v) is 13.8. The van der Waals surface area contributed by atoms with E-state index in [9.17, 15) is 28.4 Å². The number of benzene rings is 2. The zero-order valence-electron chi connectivity index (χ0n) is 13.0. The molecule has 0 saturated carbocycles. The van der Waals surface area contributed by atoms with Crippen LogP contribution in [0.4, 0.5) is 5.69 Å². The lowest BCUT2D eigenvalue weighted by atomic mass is 10.1. The van der Waals surface area contributed by atoms with Crippen molar-refractivity contribution in [3.8, 4) is 5.75 Å². The van der Waals surface area contributed by atoms with Crippen molar-refractivity contribution in [3.63, 3.8) is 0 Å². The Kier molecular flexibility index (Phi) is 4.26.